The molecular weight excluding hydrogens is 514 g/mol. The molecule has 0 saturated carbocycles. The van der Waals surface area contributed by atoms with Gasteiger partial charge < -0.3 is 19.4 Å². The average Bonchev–Trinajstić information content (AvgIpc) is 2.92. The molecule has 0 aromatic heterocycles. The molecule has 1 N–H and O–H groups in total. The molecule has 3 aliphatic heterocycles. The Morgan fingerprint density at radius 2 is 1.73 bits per heavy atom. The van der Waals surface area contributed by atoms with Crippen molar-refractivity contribution < 1.29 is 28.7 Å². The third-order valence-corrected chi connectivity index (χ3v) is 7.91. The highest BCUT2D eigenvalue weighted by molar-refractivity contribution is 6.06. The van der Waals surface area contributed by atoms with Gasteiger partial charge in [0, 0.05) is 70.5 Å². The molecule has 4 amide bonds. The van der Waals surface area contributed by atoms with E-state index >= 15 is 0 Å². The fraction of sp³-hybridized carbons (Fsp3) is 0.621. The second kappa shape index (κ2) is 12.4. The Hall–Kier alpha value is -3.47. The molecule has 1 atom stereocenters. The molecule has 218 valence electrons. The molecule has 3 heterocycles. The Morgan fingerprint density at radius 1 is 1.05 bits per heavy atom. The predicted molar refractivity (Wildman–Crippen MR) is 149 cm³/mol. The molecular formula is C29H41N5O6. The van der Waals surface area contributed by atoms with Gasteiger partial charge in [0.25, 0.3) is 5.91 Å². The van der Waals surface area contributed by atoms with Gasteiger partial charge in [-0.3, -0.25) is 29.4 Å². The fourth-order valence-corrected chi connectivity index (χ4v) is 5.60. The third-order valence-electron chi connectivity index (χ3n) is 7.91. The summed E-state index contributed by atoms with van der Waals surface area (Å²) >= 11 is 0. The normalized spacial score (nSPS) is 21.1. The number of benzene rings is 1. The number of amides is 4. The molecule has 40 heavy (non-hydrogen) atoms. The standard InChI is InChI=1S/C29H41N5O6/c1-29(2,3)40-28(39)34-11-9-20(10-12-34)18-32-13-15-33(16-14-32)22-5-6-23(21(17-22)19-35)27(38)31(4)24-7-8-25(36)30-26(24)37/h5-6,17,19-20,24H,7-16,18H2,1-4H3,(H,30,36,37). The maximum absolute atomic E-state index is 13.1. The van der Waals surface area contributed by atoms with E-state index in [1.807, 2.05) is 26.8 Å². The first-order valence-electron chi connectivity index (χ1n) is 14.1. The minimum absolute atomic E-state index is 0.171. The quantitative estimate of drug-likeness (QED) is 0.419. The van der Waals surface area contributed by atoms with Crippen LogP contribution in [0.3, 0.4) is 0 Å². The lowest BCUT2D eigenvalue weighted by atomic mass is 9.96. The zero-order valence-corrected chi connectivity index (χ0v) is 24.0. The number of piperidine rings is 2. The first kappa shape index (κ1) is 29.5. The van der Waals surface area contributed by atoms with Crippen molar-refractivity contribution in [3.8, 4) is 0 Å². The number of aldehydes is 1. The van der Waals surface area contributed by atoms with E-state index in [1.54, 1.807) is 17.0 Å². The molecule has 0 bridgehead atoms. The summed E-state index contributed by atoms with van der Waals surface area (Å²) in [6.07, 6.45) is 2.80. The minimum Gasteiger partial charge on any atom is -0.444 e. The first-order valence-corrected chi connectivity index (χ1v) is 14.1. The summed E-state index contributed by atoms with van der Waals surface area (Å²) in [4.78, 5) is 68.8. The molecule has 3 fully saturated rings. The van der Waals surface area contributed by atoms with E-state index in [2.05, 4.69) is 15.1 Å². The summed E-state index contributed by atoms with van der Waals surface area (Å²) in [5, 5.41) is 2.27. The van der Waals surface area contributed by atoms with Gasteiger partial charge in [0.15, 0.2) is 6.29 Å². The van der Waals surface area contributed by atoms with Crippen LogP contribution in [0.15, 0.2) is 18.2 Å². The van der Waals surface area contributed by atoms with Crippen molar-refractivity contribution in [3.05, 3.63) is 29.3 Å². The van der Waals surface area contributed by atoms with Crippen LogP contribution in [0.2, 0.25) is 0 Å². The van der Waals surface area contributed by atoms with Crippen LogP contribution in [0, 0.1) is 5.92 Å². The number of anilines is 1. The second-order valence-electron chi connectivity index (χ2n) is 12.0. The maximum atomic E-state index is 13.1. The molecule has 1 aromatic rings. The van der Waals surface area contributed by atoms with E-state index in [4.69, 9.17) is 4.74 Å². The summed E-state index contributed by atoms with van der Waals surface area (Å²) in [6, 6.07) is 4.48. The van der Waals surface area contributed by atoms with Crippen molar-refractivity contribution in [2.24, 2.45) is 5.92 Å². The van der Waals surface area contributed by atoms with Crippen LogP contribution in [0.5, 0.6) is 0 Å². The van der Waals surface area contributed by atoms with Crippen molar-refractivity contribution >= 4 is 35.8 Å². The van der Waals surface area contributed by atoms with Crippen molar-refractivity contribution in [2.75, 3.05) is 57.8 Å². The van der Waals surface area contributed by atoms with E-state index < -0.39 is 23.5 Å². The highest BCUT2D eigenvalue weighted by atomic mass is 16.6. The van der Waals surface area contributed by atoms with Crippen LogP contribution < -0.4 is 10.2 Å². The summed E-state index contributed by atoms with van der Waals surface area (Å²) in [5.74, 6) is -0.726. The molecule has 0 aliphatic carbocycles. The number of hydrogen-bond acceptors (Lipinski definition) is 8. The molecule has 0 radical (unpaired) electrons. The van der Waals surface area contributed by atoms with Crippen molar-refractivity contribution in [2.45, 2.75) is 58.1 Å². The van der Waals surface area contributed by atoms with Crippen LogP contribution in [0.4, 0.5) is 10.5 Å². The van der Waals surface area contributed by atoms with Crippen molar-refractivity contribution in [1.29, 1.82) is 0 Å². The Bertz CT molecular complexity index is 1130. The molecule has 1 aromatic carbocycles. The number of carbonyl (C=O) groups is 5. The van der Waals surface area contributed by atoms with Crippen LogP contribution in [-0.4, -0.2) is 109 Å². The van der Waals surface area contributed by atoms with Gasteiger partial charge in [0.05, 0.1) is 5.56 Å². The third kappa shape index (κ3) is 7.18. The summed E-state index contributed by atoms with van der Waals surface area (Å²) in [6.45, 7) is 11.5. The van der Waals surface area contributed by atoms with Crippen LogP contribution in [0.1, 0.15) is 67.2 Å². The van der Waals surface area contributed by atoms with Gasteiger partial charge in [-0.2, -0.15) is 0 Å². The first-order chi connectivity index (χ1) is 18.9. The molecule has 4 rings (SSSR count). The van der Waals surface area contributed by atoms with E-state index in [-0.39, 0.29) is 36.0 Å². The molecule has 1 unspecified atom stereocenters. The van der Waals surface area contributed by atoms with E-state index in [1.165, 1.54) is 11.9 Å². The van der Waals surface area contributed by atoms with E-state index in [0.717, 1.165) is 64.3 Å². The molecule has 3 aliphatic rings. The van der Waals surface area contributed by atoms with Crippen molar-refractivity contribution in [3.63, 3.8) is 0 Å². The summed E-state index contributed by atoms with van der Waals surface area (Å²) < 4.78 is 5.50. The topological polar surface area (TPSA) is 120 Å². The molecule has 3 saturated heterocycles. The highest BCUT2D eigenvalue weighted by Gasteiger charge is 2.34. The summed E-state index contributed by atoms with van der Waals surface area (Å²) in [5.41, 5.74) is 0.915. The maximum Gasteiger partial charge on any atom is 0.410 e. The number of nitrogens with zero attached hydrogens (tertiary/aromatic N) is 4. The van der Waals surface area contributed by atoms with Gasteiger partial charge in [-0.05, 0) is 64.2 Å². The van der Waals surface area contributed by atoms with Crippen LogP contribution >= 0.6 is 0 Å². The van der Waals surface area contributed by atoms with E-state index in [9.17, 15) is 24.0 Å². The lowest BCUT2D eigenvalue weighted by Crippen LogP contribution is -2.53. The van der Waals surface area contributed by atoms with Gasteiger partial charge in [-0.1, -0.05) is 0 Å². The minimum atomic E-state index is -0.748. The summed E-state index contributed by atoms with van der Waals surface area (Å²) in [7, 11) is 1.52. The Balaban J connectivity index is 1.28. The number of imide groups is 1. The van der Waals surface area contributed by atoms with Crippen LogP contribution in [-0.2, 0) is 14.3 Å². The van der Waals surface area contributed by atoms with Gasteiger partial charge in [-0.15, -0.1) is 0 Å². The number of ether oxygens (including phenoxy) is 1. The number of nitrogens with one attached hydrogen (secondary N) is 1. The average molecular weight is 556 g/mol. The second-order valence-corrected chi connectivity index (χ2v) is 12.0. The number of piperazine rings is 1. The van der Waals surface area contributed by atoms with Gasteiger partial charge in [0.2, 0.25) is 11.8 Å². The number of likely N-dealkylation sites (N-methyl/N-ethyl adjacent to an activating group) is 1. The lowest BCUT2D eigenvalue weighted by molar-refractivity contribution is -0.136. The van der Waals surface area contributed by atoms with Crippen LogP contribution in [0.25, 0.3) is 0 Å². The highest BCUT2D eigenvalue weighted by Crippen LogP contribution is 2.25. The Labute approximate surface area is 235 Å². The number of likely N-dealkylation sites (tertiary alicyclic amines) is 1. The van der Waals surface area contributed by atoms with Crippen molar-refractivity contribution in [1.82, 2.24) is 20.0 Å². The smallest absolute Gasteiger partial charge is 0.410 e. The zero-order chi connectivity index (χ0) is 29.0. The van der Waals surface area contributed by atoms with Gasteiger partial charge >= 0.3 is 6.09 Å². The van der Waals surface area contributed by atoms with Gasteiger partial charge in [0.1, 0.15) is 11.6 Å². The van der Waals surface area contributed by atoms with E-state index in [0.29, 0.717) is 12.2 Å². The molecule has 11 heteroatoms. The number of hydrogen-bond donors (Lipinski definition) is 1. The Kier molecular flexibility index (Phi) is 9.12. The Morgan fingerprint density at radius 3 is 2.33 bits per heavy atom. The monoisotopic (exact) mass is 555 g/mol. The molecule has 0 spiro atoms. The number of carbonyl (C=O) groups excluding carboxylic acids is 5. The fourth-order valence-electron chi connectivity index (χ4n) is 5.60. The zero-order valence-electron chi connectivity index (χ0n) is 24.0. The van der Waals surface area contributed by atoms with Gasteiger partial charge in [-0.25, -0.2) is 4.79 Å². The SMILES string of the molecule is CN(C(=O)c1ccc(N2CCN(CC3CCN(C(=O)OC(C)(C)C)CC3)CC2)cc1C=O)C1CCC(=O)NC1=O. The molecule has 11 nitrogen and oxygen atoms in total. The predicted octanol–water partition coefficient (Wildman–Crippen LogP) is 2.15. The largest absolute Gasteiger partial charge is 0.444 e. The lowest BCUT2D eigenvalue weighted by Gasteiger charge is -2.39. The number of rotatable bonds is 6.